The Labute approximate surface area is 288 Å². The normalized spacial score (nSPS) is 17.1. The molecule has 2 aliphatic rings. The molecule has 0 atom stereocenters. The van der Waals surface area contributed by atoms with Crippen LogP contribution in [0.1, 0.15) is 52.3 Å². The largest absolute Gasteiger partial charge is 0.507 e. The van der Waals surface area contributed by atoms with Gasteiger partial charge in [0.25, 0.3) is 0 Å². The number of aryl methyl sites for hydroxylation is 2. The summed E-state index contributed by atoms with van der Waals surface area (Å²) in [6.45, 7) is 18.4. The molecule has 6 rings (SSSR count). The molecule has 1 N–H and O–H groups in total. The topological polar surface area (TPSA) is 33.2 Å². The lowest BCUT2D eigenvalue weighted by atomic mass is 9.99. The van der Waals surface area contributed by atoms with Crippen molar-refractivity contribution in [2.24, 2.45) is 0 Å². The zero-order chi connectivity index (χ0) is 32.0. The molecule has 0 spiro atoms. The maximum Gasteiger partial charge on any atom is 0.124 e. The summed E-state index contributed by atoms with van der Waals surface area (Å²) in [7, 11) is 3.52. The fourth-order valence-electron chi connectivity index (χ4n) is 6.84. The molecule has 1 aromatic heterocycles. The van der Waals surface area contributed by atoms with Crippen LogP contribution in [0.25, 0.3) is 10.4 Å². The molecule has 2 saturated heterocycles. The number of piperazine rings is 2. The number of hydrogen-bond acceptors (Lipinski definition) is 8. The number of benzene rings is 3. The maximum absolute atomic E-state index is 11.8. The van der Waals surface area contributed by atoms with E-state index in [-0.39, 0.29) is 0 Å². The Morgan fingerprint density at radius 2 is 1.04 bits per heavy atom. The zero-order valence-electron chi connectivity index (χ0n) is 27.6. The van der Waals surface area contributed by atoms with Crippen molar-refractivity contribution in [3.8, 4) is 16.2 Å². The van der Waals surface area contributed by atoms with Crippen molar-refractivity contribution >= 4 is 32.9 Å². The van der Waals surface area contributed by atoms with Crippen molar-refractivity contribution in [2.45, 2.75) is 59.8 Å². The Morgan fingerprint density at radius 1 is 0.630 bits per heavy atom. The lowest BCUT2D eigenvalue weighted by molar-refractivity contribution is 0.119. The molecule has 2 fully saturated rings. The molecule has 46 heavy (non-hydrogen) atoms. The van der Waals surface area contributed by atoms with Crippen LogP contribution < -0.4 is 0 Å². The van der Waals surface area contributed by atoms with Crippen LogP contribution in [0.4, 0.5) is 0 Å². The molecule has 3 heterocycles. The molecule has 0 aliphatic carbocycles. The molecular weight excluding hydrogens is 625 g/mol. The van der Waals surface area contributed by atoms with Crippen LogP contribution in [0.15, 0.2) is 60.7 Å². The van der Waals surface area contributed by atoms with Gasteiger partial charge in [0.15, 0.2) is 0 Å². The third-order valence-electron chi connectivity index (χ3n) is 9.78. The number of aromatic hydroxyl groups is 1. The van der Waals surface area contributed by atoms with Gasteiger partial charge in [-0.1, -0.05) is 94.8 Å². The van der Waals surface area contributed by atoms with E-state index < -0.39 is 0 Å². The molecule has 244 valence electrons. The first-order valence-electron chi connectivity index (χ1n) is 16.8. The molecule has 0 amide bonds. The number of phenols is 1. The number of hydrogen-bond donors (Lipinski definition) is 1. The minimum Gasteiger partial charge on any atom is -0.507 e. The average molecular weight is 673 g/mol. The highest BCUT2D eigenvalue weighted by Crippen LogP contribution is 2.39. The summed E-state index contributed by atoms with van der Waals surface area (Å²) in [6, 6.07) is 22.0. The van der Waals surface area contributed by atoms with Gasteiger partial charge in [0.05, 0.1) is 4.88 Å². The van der Waals surface area contributed by atoms with Crippen LogP contribution in [0.3, 0.4) is 0 Å². The van der Waals surface area contributed by atoms with Crippen LogP contribution >= 0.6 is 32.9 Å². The molecular formula is C38H48N4OS3. The van der Waals surface area contributed by atoms with E-state index >= 15 is 0 Å². The van der Waals surface area contributed by atoms with Crippen molar-refractivity contribution in [3.63, 3.8) is 0 Å². The van der Waals surface area contributed by atoms with Gasteiger partial charge < -0.3 is 5.11 Å². The fraction of sp³-hybridized carbons (Fsp3) is 0.447. The maximum atomic E-state index is 11.8. The van der Waals surface area contributed by atoms with E-state index in [0.29, 0.717) is 5.75 Å². The monoisotopic (exact) mass is 672 g/mol. The smallest absolute Gasteiger partial charge is 0.124 e. The Morgan fingerprint density at radius 3 is 1.46 bits per heavy atom. The third-order valence-corrected chi connectivity index (χ3v) is 13.0. The SMILES string of the molecule is CCCc1c(-c2cc(CN3CCN(Cc4ccccc4C)CC3)c(O)c(CN3CCN(Cc4ccccc4C)CC3)c2)ssc1=S. The standard InChI is InChI=1S/C38H48N4OS3/c1-4-9-35-37(45-46-38(35)44)32-22-33(26-41-18-14-39(15-19-41)24-30-12-7-5-10-28(30)2)36(43)34(23-32)27-42-20-16-40(17-21-42)25-31-13-8-6-11-29(31)3/h5-8,10-13,22-23,43H,4,9,14-21,24-27H2,1-3H3. The van der Waals surface area contributed by atoms with Gasteiger partial charge in [-0.05, 0) is 65.8 Å². The molecule has 5 nitrogen and oxygen atoms in total. The Kier molecular flexibility index (Phi) is 11.4. The van der Waals surface area contributed by atoms with Crippen LogP contribution in [0.2, 0.25) is 0 Å². The predicted octanol–water partition coefficient (Wildman–Crippen LogP) is 8.12. The van der Waals surface area contributed by atoms with Gasteiger partial charge in [0.2, 0.25) is 0 Å². The van der Waals surface area contributed by atoms with Crippen molar-refractivity contribution in [1.29, 1.82) is 0 Å². The summed E-state index contributed by atoms with van der Waals surface area (Å²) in [4.78, 5) is 11.5. The van der Waals surface area contributed by atoms with Gasteiger partial charge in [0.1, 0.15) is 9.57 Å². The summed E-state index contributed by atoms with van der Waals surface area (Å²) in [5.41, 5.74) is 10.2. The van der Waals surface area contributed by atoms with Gasteiger partial charge in [-0.25, -0.2) is 0 Å². The molecule has 2 aliphatic heterocycles. The molecule has 0 radical (unpaired) electrons. The van der Waals surface area contributed by atoms with E-state index in [4.69, 9.17) is 12.2 Å². The van der Waals surface area contributed by atoms with Crippen molar-refractivity contribution in [3.05, 3.63) is 103 Å². The molecule has 0 bridgehead atoms. The average Bonchev–Trinajstić information content (AvgIpc) is 3.43. The summed E-state index contributed by atoms with van der Waals surface area (Å²) >= 11 is 5.78. The van der Waals surface area contributed by atoms with Gasteiger partial charge in [0, 0.05) is 89.7 Å². The van der Waals surface area contributed by atoms with Crippen LogP contribution in [-0.4, -0.2) is 77.1 Å². The first kappa shape index (κ1) is 33.5. The van der Waals surface area contributed by atoms with Crippen LogP contribution in [-0.2, 0) is 32.6 Å². The highest BCUT2D eigenvalue weighted by Gasteiger charge is 2.24. The summed E-state index contributed by atoms with van der Waals surface area (Å²) in [5, 5.41) is 11.8. The van der Waals surface area contributed by atoms with E-state index in [2.05, 4.69) is 101 Å². The van der Waals surface area contributed by atoms with E-state index in [9.17, 15) is 5.11 Å². The highest BCUT2D eigenvalue weighted by molar-refractivity contribution is 7.80. The lowest BCUT2D eigenvalue weighted by Crippen LogP contribution is -2.45. The Hall–Kier alpha value is -2.43. The minimum absolute atomic E-state index is 0.476. The van der Waals surface area contributed by atoms with Gasteiger partial charge in [-0.15, -0.1) is 0 Å². The number of phenolic OH excluding ortho intramolecular Hbond substituents is 1. The summed E-state index contributed by atoms with van der Waals surface area (Å²) in [6.07, 6.45) is 2.09. The molecule has 3 aromatic carbocycles. The lowest BCUT2D eigenvalue weighted by Gasteiger charge is -2.36. The van der Waals surface area contributed by atoms with Crippen molar-refractivity contribution in [2.75, 3.05) is 52.4 Å². The van der Waals surface area contributed by atoms with Gasteiger partial charge in [-0.3, -0.25) is 19.6 Å². The summed E-state index contributed by atoms with van der Waals surface area (Å²) < 4.78 is 1.02. The Balaban J connectivity index is 1.17. The first-order valence-corrected chi connectivity index (χ1v) is 19.4. The quantitative estimate of drug-likeness (QED) is 0.128. The summed E-state index contributed by atoms with van der Waals surface area (Å²) in [5.74, 6) is 0.476. The van der Waals surface area contributed by atoms with Gasteiger partial charge in [-0.2, -0.15) is 0 Å². The predicted molar refractivity (Wildman–Crippen MR) is 198 cm³/mol. The van der Waals surface area contributed by atoms with E-state index in [1.165, 1.54) is 38.3 Å². The van der Waals surface area contributed by atoms with E-state index in [0.717, 1.165) is 106 Å². The Bertz CT molecular complexity index is 1570. The van der Waals surface area contributed by atoms with E-state index in [1.54, 1.807) is 20.7 Å². The fourth-order valence-corrected chi connectivity index (χ4v) is 9.83. The van der Waals surface area contributed by atoms with Crippen molar-refractivity contribution in [1.82, 2.24) is 19.6 Å². The molecule has 0 saturated carbocycles. The number of rotatable bonds is 11. The van der Waals surface area contributed by atoms with Crippen LogP contribution in [0.5, 0.6) is 5.75 Å². The second-order valence-electron chi connectivity index (χ2n) is 13.1. The number of nitrogens with zero attached hydrogens (tertiary/aromatic N) is 4. The second kappa shape index (κ2) is 15.6. The highest BCUT2D eigenvalue weighted by atomic mass is 32.9. The first-order chi connectivity index (χ1) is 22.4. The van der Waals surface area contributed by atoms with Crippen LogP contribution in [0, 0.1) is 17.7 Å². The molecule has 0 unspecified atom stereocenters. The third kappa shape index (κ3) is 8.16. The second-order valence-corrected chi connectivity index (χ2v) is 15.9. The molecule has 8 heteroatoms. The van der Waals surface area contributed by atoms with Gasteiger partial charge >= 0.3 is 0 Å². The van der Waals surface area contributed by atoms with Crippen molar-refractivity contribution < 1.29 is 5.11 Å². The molecule has 4 aromatic rings. The zero-order valence-corrected chi connectivity index (χ0v) is 30.1. The minimum atomic E-state index is 0.476. The van der Waals surface area contributed by atoms with E-state index in [1.807, 2.05) is 0 Å².